The van der Waals surface area contributed by atoms with Gasteiger partial charge in [-0.1, -0.05) is 5.21 Å². The van der Waals surface area contributed by atoms with Crippen molar-refractivity contribution in [3.63, 3.8) is 0 Å². The lowest BCUT2D eigenvalue weighted by Crippen LogP contribution is -2.01. The van der Waals surface area contributed by atoms with Crippen LogP contribution in [0.25, 0.3) is 10.7 Å². The van der Waals surface area contributed by atoms with E-state index in [1.165, 1.54) is 0 Å². The van der Waals surface area contributed by atoms with Crippen LogP contribution in [0.4, 0.5) is 0 Å². The van der Waals surface area contributed by atoms with Gasteiger partial charge in [-0.25, -0.2) is 4.98 Å². The van der Waals surface area contributed by atoms with E-state index in [0.717, 1.165) is 30.3 Å². The van der Waals surface area contributed by atoms with Crippen molar-refractivity contribution in [2.24, 2.45) is 0 Å². The van der Waals surface area contributed by atoms with Gasteiger partial charge < -0.3 is 4.74 Å². The number of nitrogens with zero attached hydrogens (tertiary/aromatic N) is 4. The molecule has 0 bridgehead atoms. The van der Waals surface area contributed by atoms with Crippen molar-refractivity contribution in [3.05, 3.63) is 17.8 Å². The van der Waals surface area contributed by atoms with Crippen LogP contribution in [0, 0.1) is 0 Å². The summed E-state index contributed by atoms with van der Waals surface area (Å²) in [6, 6.07) is 0. The molecule has 0 atom stereocenters. The maximum Gasteiger partial charge on any atom is 0.145 e. The summed E-state index contributed by atoms with van der Waals surface area (Å²) in [7, 11) is 1.70. The molecular weight excluding hydrogens is 212 g/mol. The molecule has 0 unspecified atom stereocenters. The normalized spacial score (nSPS) is 10.7. The smallest absolute Gasteiger partial charge is 0.145 e. The lowest BCUT2D eigenvalue weighted by atomic mass is 10.4. The highest BCUT2D eigenvalue weighted by molar-refractivity contribution is 7.13. The lowest BCUT2D eigenvalue weighted by Gasteiger charge is -1.97. The summed E-state index contributed by atoms with van der Waals surface area (Å²) in [5, 5.41) is 10.9. The van der Waals surface area contributed by atoms with Crippen molar-refractivity contribution in [2.45, 2.75) is 13.0 Å². The first-order chi connectivity index (χ1) is 7.40. The molecule has 15 heavy (non-hydrogen) atoms. The Morgan fingerprint density at radius 1 is 1.53 bits per heavy atom. The Hall–Kier alpha value is -1.27. The molecule has 0 fully saturated rings. The summed E-state index contributed by atoms with van der Waals surface area (Å²) < 4.78 is 6.79. The Balaban J connectivity index is 1.98. The van der Waals surface area contributed by atoms with Crippen LogP contribution in [0.15, 0.2) is 17.8 Å². The molecular formula is C9H12N4OS. The van der Waals surface area contributed by atoms with Crippen molar-refractivity contribution >= 4 is 11.3 Å². The fraction of sp³-hybridized carbons (Fsp3) is 0.444. The van der Waals surface area contributed by atoms with Crippen LogP contribution in [0.5, 0.6) is 0 Å². The minimum Gasteiger partial charge on any atom is -0.385 e. The summed E-state index contributed by atoms with van der Waals surface area (Å²) in [6.45, 7) is 1.57. The molecule has 2 heterocycles. The third kappa shape index (κ3) is 2.60. The minimum atomic E-state index is 0.743. The lowest BCUT2D eigenvalue weighted by molar-refractivity contribution is 0.189. The molecule has 0 N–H and O–H groups in total. The topological polar surface area (TPSA) is 52.8 Å². The van der Waals surface area contributed by atoms with Gasteiger partial charge in [-0.15, -0.1) is 16.4 Å². The molecule has 0 saturated carbocycles. The van der Waals surface area contributed by atoms with E-state index in [1.54, 1.807) is 24.6 Å². The third-order valence-electron chi connectivity index (χ3n) is 1.93. The highest BCUT2D eigenvalue weighted by Crippen LogP contribution is 2.17. The van der Waals surface area contributed by atoms with Gasteiger partial charge in [0.25, 0.3) is 0 Å². The number of hydrogen-bond acceptors (Lipinski definition) is 5. The van der Waals surface area contributed by atoms with Gasteiger partial charge in [0.1, 0.15) is 10.7 Å². The Labute approximate surface area is 91.7 Å². The largest absolute Gasteiger partial charge is 0.385 e. The highest BCUT2D eigenvalue weighted by Gasteiger charge is 2.05. The second-order valence-corrected chi connectivity index (χ2v) is 3.95. The van der Waals surface area contributed by atoms with Crippen molar-refractivity contribution in [1.29, 1.82) is 0 Å². The standard InChI is InChI=1S/C9H12N4OS/c1-14-5-2-4-13-7-8(11-12-13)9-10-3-6-15-9/h3,6-7H,2,4-5H2,1H3. The summed E-state index contributed by atoms with van der Waals surface area (Å²) >= 11 is 1.57. The molecule has 80 valence electrons. The maximum absolute atomic E-state index is 4.97. The predicted molar refractivity (Wildman–Crippen MR) is 57.6 cm³/mol. The Morgan fingerprint density at radius 2 is 2.47 bits per heavy atom. The van der Waals surface area contributed by atoms with E-state index in [1.807, 2.05) is 16.3 Å². The van der Waals surface area contributed by atoms with E-state index in [0.29, 0.717) is 0 Å². The highest BCUT2D eigenvalue weighted by atomic mass is 32.1. The van der Waals surface area contributed by atoms with Gasteiger partial charge in [0.2, 0.25) is 0 Å². The third-order valence-corrected chi connectivity index (χ3v) is 2.72. The van der Waals surface area contributed by atoms with Crippen LogP contribution >= 0.6 is 11.3 Å². The molecule has 0 amide bonds. The van der Waals surface area contributed by atoms with Crippen LogP contribution in [0.2, 0.25) is 0 Å². The fourth-order valence-electron chi connectivity index (χ4n) is 1.23. The predicted octanol–water partition coefficient (Wildman–Crippen LogP) is 1.44. The van der Waals surface area contributed by atoms with E-state index in [-0.39, 0.29) is 0 Å². The van der Waals surface area contributed by atoms with Crippen LogP contribution < -0.4 is 0 Å². The summed E-state index contributed by atoms with van der Waals surface area (Å²) in [6.07, 6.45) is 4.62. The van der Waals surface area contributed by atoms with Gasteiger partial charge in [0.15, 0.2) is 0 Å². The van der Waals surface area contributed by atoms with Gasteiger partial charge in [-0.05, 0) is 6.42 Å². The van der Waals surface area contributed by atoms with E-state index >= 15 is 0 Å². The second kappa shape index (κ2) is 4.99. The van der Waals surface area contributed by atoms with E-state index < -0.39 is 0 Å². The van der Waals surface area contributed by atoms with Gasteiger partial charge in [-0.3, -0.25) is 4.68 Å². The molecule has 6 heteroatoms. The summed E-state index contributed by atoms with van der Waals surface area (Å²) in [4.78, 5) is 4.17. The molecule has 0 aromatic carbocycles. The Bertz CT molecular complexity index is 398. The number of aryl methyl sites for hydroxylation is 1. The maximum atomic E-state index is 4.97. The van der Waals surface area contributed by atoms with E-state index in [9.17, 15) is 0 Å². The van der Waals surface area contributed by atoms with Crippen LogP contribution in [0.1, 0.15) is 6.42 Å². The fourth-order valence-corrected chi connectivity index (χ4v) is 1.81. The number of thiazole rings is 1. The Morgan fingerprint density at radius 3 is 3.20 bits per heavy atom. The molecule has 0 radical (unpaired) electrons. The molecule has 0 aliphatic carbocycles. The zero-order valence-electron chi connectivity index (χ0n) is 8.46. The van der Waals surface area contributed by atoms with Gasteiger partial charge in [0, 0.05) is 31.8 Å². The average Bonchev–Trinajstić information content (AvgIpc) is 2.87. The molecule has 0 saturated heterocycles. The van der Waals surface area contributed by atoms with Crippen molar-refractivity contribution in [2.75, 3.05) is 13.7 Å². The molecule has 0 aliphatic heterocycles. The molecule has 5 nitrogen and oxygen atoms in total. The van der Waals surface area contributed by atoms with Gasteiger partial charge >= 0.3 is 0 Å². The number of hydrogen-bond donors (Lipinski definition) is 0. The summed E-state index contributed by atoms with van der Waals surface area (Å²) in [5.41, 5.74) is 0.836. The Kier molecular flexibility index (Phi) is 3.41. The molecule has 0 spiro atoms. The zero-order valence-corrected chi connectivity index (χ0v) is 9.28. The van der Waals surface area contributed by atoms with Crippen LogP contribution in [0.3, 0.4) is 0 Å². The van der Waals surface area contributed by atoms with Crippen molar-refractivity contribution in [1.82, 2.24) is 20.0 Å². The number of methoxy groups -OCH3 is 1. The monoisotopic (exact) mass is 224 g/mol. The van der Waals surface area contributed by atoms with Gasteiger partial charge in [-0.2, -0.15) is 0 Å². The second-order valence-electron chi connectivity index (χ2n) is 3.05. The molecule has 2 rings (SSSR count). The van der Waals surface area contributed by atoms with E-state index in [2.05, 4.69) is 15.3 Å². The van der Waals surface area contributed by atoms with Crippen LogP contribution in [-0.2, 0) is 11.3 Å². The first kappa shape index (κ1) is 10.3. The first-order valence-corrected chi connectivity index (χ1v) is 5.57. The number of ether oxygens (including phenoxy) is 1. The number of aromatic nitrogens is 4. The van der Waals surface area contributed by atoms with E-state index in [4.69, 9.17) is 4.74 Å². The quantitative estimate of drug-likeness (QED) is 0.721. The molecule has 2 aromatic rings. The van der Waals surface area contributed by atoms with Crippen molar-refractivity contribution < 1.29 is 4.74 Å². The SMILES string of the molecule is COCCCn1cc(-c2nccs2)nn1. The van der Waals surface area contributed by atoms with Crippen molar-refractivity contribution in [3.8, 4) is 10.7 Å². The molecule has 0 aliphatic rings. The summed E-state index contributed by atoms with van der Waals surface area (Å²) in [5.74, 6) is 0. The average molecular weight is 224 g/mol. The molecule has 2 aromatic heterocycles. The van der Waals surface area contributed by atoms with Gasteiger partial charge in [0.05, 0.1) is 6.20 Å². The van der Waals surface area contributed by atoms with Crippen LogP contribution in [-0.4, -0.2) is 33.7 Å². The minimum absolute atomic E-state index is 0.743. The first-order valence-electron chi connectivity index (χ1n) is 4.69. The number of rotatable bonds is 5. The zero-order chi connectivity index (χ0) is 10.5.